The first-order valence-electron chi connectivity index (χ1n) is 3.89. The Kier molecular flexibility index (Phi) is 3.98. The summed E-state index contributed by atoms with van der Waals surface area (Å²) < 4.78 is 5.13. The van der Waals surface area contributed by atoms with E-state index in [-0.39, 0.29) is 11.0 Å². The molecule has 0 spiro atoms. The SMILES string of the molecule is CC(=O)c1ccccc1O/C(Cl)=C\Cl. The lowest BCUT2D eigenvalue weighted by molar-refractivity contribution is 0.101. The predicted molar refractivity (Wildman–Crippen MR) is 56.9 cm³/mol. The Balaban J connectivity index is 3.02. The van der Waals surface area contributed by atoms with Crippen molar-refractivity contribution in [1.29, 1.82) is 0 Å². The molecule has 4 heteroatoms. The number of ketones is 1. The smallest absolute Gasteiger partial charge is 0.205 e. The summed E-state index contributed by atoms with van der Waals surface area (Å²) in [5, 5.41) is 0.0281. The molecule has 0 aromatic heterocycles. The predicted octanol–water partition coefficient (Wildman–Crippen LogP) is 3.54. The maximum Gasteiger partial charge on any atom is 0.205 e. The minimum Gasteiger partial charge on any atom is -0.444 e. The molecule has 0 aliphatic carbocycles. The number of para-hydroxylation sites is 1. The van der Waals surface area contributed by atoms with Gasteiger partial charge in [-0.1, -0.05) is 23.7 Å². The van der Waals surface area contributed by atoms with Crippen LogP contribution in [-0.2, 0) is 0 Å². The van der Waals surface area contributed by atoms with Crippen LogP contribution in [0.15, 0.2) is 35.0 Å². The van der Waals surface area contributed by atoms with Crippen molar-refractivity contribution in [3.63, 3.8) is 0 Å². The number of carbonyl (C=O) groups is 1. The molecule has 74 valence electrons. The molecule has 14 heavy (non-hydrogen) atoms. The van der Waals surface area contributed by atoms with Crippen LogP contribution in [0.2, 0.25) is 0 Å². The molecular weight excluding hydrogens is 223 g/mol. The van der Waals surface area contributed by atoms with Crippen molar-refractivity contribution in [3.05, 3.63) is 40.6 Å². The first-order chi connectivity index (χ1) is 6.65. The van der Waals surface area contributed by atoms with Gasteiger partial charge in [-0.25, -0.2) is 0 Å². The van der Waals surface area contributed by atoms with E-state index in [0.29, 0.717) is 11.3 Å². The summed E-state index contributed by atoms with van der Waals surface area (Å²) in [7, 11) is 0. The Morgan fingerprint density at radius 2 is 2.07 bits per heavy atom. The molecule has 0 unspecified atom stereocenters. The molecule has 1 rings (SSSR count). The number of halogens is 2. The van der Waals surface area contributed by atoms with Crippen LogP contribution in [0.4, 0.5) is 0 Å². The Hall–Kier alpha value is -0.990. The normalized spacial score (nSPS) is 11.2. The highest BCUT2D eigenvalue weighted by molar-refractivity contribution is 6.35. The van der Waals surface area contributed by atoms with Crippen LogP contribution in [0.1, 0.15) is 17.3 Å². The highest BCUT2D eigenvalue weighted by Crippen LogP contribution is 2.22. The van der Waals surface area contributed by atoms with Gasteiger partial charge in [0.05, 0.1) is 11.1 Å². The highest BCUT2D eigenvalue weighted by Gasteiger charge is 2.08. The number of carbonyl (C=O) groups excluding carboxylic acids is 1. The maximum atomic E-state index is 11.2. The number of hydrogen-bond acceptors (Lipinski definition) is 2. The molecule has 2 nitrogen and oxygen atoms in total. The monoisotopic (exact) mass is 230 g/mol. The summed E-state index contributed by atoms with van der Waals surface area (Å²) in [6.45, 7) is 1.46. The lowest BCUT2D eigenvalue weighted by Gasteiger charge is -2.06. The van der Waals surface area contributed by atoms with Crippen molar-refractivity contribution in [2.24, 2.45) is 0 Å². The standard InChI is InChI=1S/C10H8Cl2O2/c1-7(13)8-4-2-3-5-9(8)14-10(12)6-11/h2-6H,1H3/b10-6-. The Morgan fingerprint density at radius 1 is 1.43 bits per heavy atom. The van der Waals surface area contributed by atoms with E-state index in [1.165, 1.54) is 6.92 Å². The lowest BCUT2D eigenvalue weighted by atomic mass is 10.1. The van der Waals surface area contributed by atoms with Gasteiger partial charge < -0.3 is 4.74 Å². The molecule has 0 heterocycles. The molecule has 0 saturated heterocycles. The third-order valence-corrected chi connectivity index (χ3v) is 2.06. The molecule has 0 bridgehead atoms. The van der Waals surface area contributed by atoms with Gasteiger partial charge in [0, 0.05) is 0 Å². The lowest BCUT2D eigenvalue weighted by Crippen LogP contribution is -1.97. The second kappa shape index (κ2) is 5.03. The average molecular weight is 231 g/mol. The summed E-state index contributed by atoms with van der Waals surface area (Å²) in [6.07, 6.45) is 0. The zero-order chi connectivity index (χ0) is 10.6. The van der Waals surface area contributed by atoms with E-state index in [4.69, 9.17) is 27.9 Å². The number of ether oxygens (including phenoxy) is 1. The number of hydrogen-bond donors (Lipinski definition) is 0. The van der Waals surface area contributed by atoms with Crippen LogP contribution in [0.5, 0.6) is 5.75 Å². The van der Waals surface area contributed by atoms with Crippen LogP contribution in [-0.4, -0.2) is 5.78 Å². The fourth-order valence-corrected chi connectivity index (χ4v) is 1.10. The van der Waals surface area contributed by atoms with Gasteiger partial charge >= 0.3 is 0 Å². The molecule has 0 atom stereocenters. The summed E-state index contributed by atoms with van der Waals surface area (Å²) in [5.41, 5.74) is 1.57. The van der Waals surface area contributed by atoms with Gasteiger partial charge in [0.25, 0.3) is 0 Å². The van der Waals surface area contributed by atoms with Crippen LogP contribution in [0, 0.1) is 0 Å². The summed E-state index contributed by atoms with van der Waals surface area (Å²) in [6, 6.07) is 6.82. The minimum absolute atomic E-state index is 0.0281. The van der Waals surface area contributed by atoms with Crippen molar-refractivity contribution in [1.82, 2.24) is 0 Å². The zero-order valence-electron chi connectivity index (χ0n) is 7.46. The zero-order valence-corrected chi connectivity index (χ0v) is 8.97. The average Bonchev–Trinajstić information content (AvgIpc) is 2.18. The van der Waals surface area contributed by atoms with Crippen molar-refractivity contribution in [2.75, 3.05) is 0 Å². The van der Waals surface area contributed by atoms with E-state index in [1.807, 2.05) is 0 Å². The van der Waals surface area contributed by atoms with Crippen LogP contribution in [0.3, 0.4) is 0 Å². The van der Waals surface area contributed by atoms with Crippen LogP contribution in [0.25, 0.3) is 0 Å². The quantitative estimate of drug-likeness (QED) is 0.587. The fraction of sp³-hybridized carbons (Fsp3) is 0.100. The third-order valence-electron chi connectivity index (χ3n) is 1.56. The summed E-state index contributed by atoms with van der Waals surface area (Å²) in [4.78, 5) is 11.2. The van der Waals surface area contributed by atoms with Crippen LogP contribution < -0.4 is 4.74 Å². The fourth-order valence-electron chi connectivity index (χ4n) is 0.974. The van der Waals surface area contributed by atoms with Crippen molar-refractivity contribution < 1.29 is 9.53 Å². The molecule has 0 fully saturated rings. The summed E-state index contributed by atoms with van der Waals surface area (Å²) >= 11 is 10.9. The van der Waals surface area contributed by atoms with Crippen molar-refractivity contribution in [2.45, 2.75) is 6.92 Å². The number of Topliss-reactive ketones (excluding diaryl/α,β-unsaturated/α-hetero) is 1. The number of rotatable bonds is 3. The second-order valence-electron chi connectivity index (χ2n) is 2.57. The van der Waals surface area contributed by atoms with E-state index in [9.17, 15) is 4.79 Å². The molecule has 0 aliphatic heterocycles. The van der Waals surface area contributed by atoms with Crippen LogP contribution >= 0.6 is 23.2 Å². The van der Waals surface area contributed by atoms with Gasteiger partial charge in [0.15, 0.2) is 5.78 Å². The molecule has 0 N–H and O–H groups in total. The van der Waals surface area contributed by atoms with Gasteiger partial charge in [-0.15, -0.1) is 0 Å². The third kappa shape index (κ3) is 2.76. The van der Waals surface area contributed by atoms with E-state index in [1.54, 1.807) is 24.3 Å². The Morgan fingerprint density at radius 3 is 2.64 bits per heavy atom. The second-order valence-corrected chi connectivity index (χ2v) is 3.16. The molecule has 0 amide bonds. The molecule has 0 saturated carbocycles. The van der Waals surface area contributed by atoms with Gasteiger partial charge in [-0.3, -0.25) is 4.79 Å². The summed E-state index contributed by atoms with van der Waals surface area (Å²) in [5.74, 6) is 0.321. The maximum absolute atomic E-state index is 11.2. The minimum atomic E-state index is -0.0837. The molecular formula is C10H8Cl2O2. The van der Waals surface area contributed by atoms with E-state index >= 15 is 0 Å². The molecule has 0 aliphatic rings. The Labute approximate surface area is 92.1 Å². The first-order valence-corrected chi connectivity index (χ1v) is 4.70. The van der Waals surface area contributed by atoms with Gasteiger partial charge in [0.2, 0.25) is 5.22 Å². The van der Waals surface area contributed by atoms with E-state index in [0.717, 1.165) is 5.54 Å². The van der Waals surface area contributed by atoms with Gasteiger partial charge in [-0.2, -0.15) is 0 Å². The highest BCUT2D eigenvalue weighted by atomic mass is 35.5. The largest absolute Gasteiger partial charge is 0.444 e. The van der Waals surface area contributed by atoms with Gasteiger partial charge in [0.1, 0.15) is 5.75 Å². The van der Waals surface area contributed by atoms with Crippen molar-refractivity contribution in [3.8, 4) is 5.75 Å². The van der Waals surface area contributed by atoms with E-state index in [2.05, 4.69) is 0 Å². The van der Waals surface area contributed by atoms with Crippen molar-refractivity contribution >= 4 is 29.0 Å². The molecule has 0 radical (unpaired) electrons. The van der Waals surface area contributed by atoms with E-state index < -0.39 is 0 Å². The Bertz CT molecular complexity index is 372. The molecule has 1 aromatic carbocycles. The number of benzene rings is 1. The molecule has 1 aromatic rings. The van der Waals surface area contributed by atoms with Gasteiger partial charge in [-0.05, 0) is 30.7 Å². The first kappa shape index (κ1) is 11.1. The topological polar surface area (TPSA) is 26.3 Å².